The molecule has 0 amide bonds. The number of aryl methyl sites for hydroxylation is 1. The molecule has 8 rings (SSSR count). The average molecular weight is 541 g/mol. The second-order valence-corrected chi connectivity index (χ2v) is 12.0. The van der Waals surface area contributed by atoms with Crippen molar-refractivity contribution in [2.75, 3.05) is 28.8 Å². The van der Waals surface area contributed by atoms with Crippen LogP contribution in [0, 0.1) is 12.3 Å². The first-order valence-corrected chi connectivity index (χ1v) is 14.8. The number of anilines is 4. The fraction of sp³-hybridized carbons (Fsp3) is 0.314. The van der Waals surface area contributed by atoms with Gasteiger partial charge in [0.15, 0.2) is 11.6 Å². The van der Waals surface area contributed by atoms with E-state index in [9.17, 15) is 0 Å². The number of aromatic nitrogens is 2. The molecule has 0 saturated carbocycles. The Morgan fingerprint density at radius 1 is 0.756 bits per heavy atom. The van der Waals surface area contributed by atoms with E-state index in [0.717, 1.165) is 35.7 Å². The van der Waals surface area contributed by atoms with Crippen molar-refractivity contribution in [2.45, 2.75) is 51.4 Å². The zero-order valence-corrected chi connectivity index (χ0v) is 24.4. The maximum atomic E-state index is 5.28. The topological polar surface area (TPSA) is 38.7 Å². The molecule has 3 atom stereocenters. The average Bonchev–Trinajstić information content (AvgIpc) is 3.64. The fourth-order valence-electron chi connectivity index (χ4n) is 8.96. The lowest BCUT2D eigenvalue weighted by Crippen LogP contribution is -2.69. The Balaban J connectivity index is 1.44. The predicted molar refractivity (Wildman–Crippen MR) is 166 cm³/mol. The first-order chi connectivity index (χ1) is 20.0. The number of likely N-dealkylation sites (N-methyl/N-ethyl adjacent to an activating group) is 1. The SMILES string of the molecule is CCC1(CC)C2N(C)C=CN2c2ccccc2C12c1ccccc1N1c3cnc(-c4ccccc4C)nc3N(C)C12. The Labute approximate surface area is 242 Å². The van der Waals surface area contributed by atoms with Gasteiger partial charge in [0.05, 0.1) is 11.6 Å². The Hall–Kier alpha value is -4.32. The van der Waals surface area contributed by atoms with Gasteiger partial charge < -0.3 is 19.6 Å². The molecule has 3 unspecified atom stereocenters. The lowest BCUT2D eigenvalue weighted by Gasteiger charge is -2.62. The van der Waals surface area contributed by atoms with Crippen LogP contribution in [0.3, 0.4) is 0 Å². The molecule has 5 heterocycles. The molecule has 0 bridgehead atoms. The van der Waals surface area contributed by atoms with Crippen LogP contribution in [0.15, 0.2) is 91.4 Å². The first kappa shape index (κ1) is 24.5. The second-order valence-electron chi connectivity index (χ2n) is 12.0. The van der Waals surface area contributed by atoms with E-state index in [0.29, 0.717) is 0 Å². The minimum absolute atomic E-state index is 0.0218. The minimum Gasteiger partial charge on any atom is -0.358 e. The van der Waals surface area contributed by atoms with Crippen LogP contribution in [0.4, 0.5) is 22.9 Å². The predicted octanol–water partition coefficient (Wildman–Crippen LogP) is 7.03. The van der Waals surface area contributed by atoms with Crippen molar-refractivity contribution in [1.82, 2.24) is 14.9 Å². The summed E-state index contributed by atoms with van der Waals surface area (Å²) >= 11 is 0. The van der Waals surface area contributed by atoms with Crippen molar-refractivity contribution in [3.8, 4) is 11.4 Å². The van der Waals surface area contributed by atoms with Crippen molar-refractivity contribution < 1.29 is 0 Å². The van der Waals surface area contributed by atoms with Crippen molar-refractivity contribution in [3.63, 3.8) is 0 Å². The molecule has 0 N–H and O–H groups in total. The molecule has 41 heavy (non-hydrogen) atoms. The molecular weight excluding hydrogens is 504 g/mol. The number of nitrogens with zero attached hydrogens (tertiary/aromatic N) is 6. The van der Waals surface area contributed by atoms with Gasteiger partial charge in [-0.15, -0.1) is 0 Å². The summed E-state index contributed by atoms with van der Waals surface area (Å²) < 4.78 is 0. The molecule has 1 spiro atoms. The summed E-state index contributed by atoms with van der Waals surface area (Å²) in [6, 6.07) is 26.6. The van der Waals surface area contributed by atoms with Gasteiger partial charge in [0.2, 0.25) is 0 Å². The van der Waals surface area contributed by atoms with Gasteiger partial charge in [0, 0.05) is 48.8 Å². The highest BCUT2D eigenvalue weighted by Crippen LogP contribution is 2.70. The van der Waals surface area contributed by atoms with E-state index in [-0.39, 0.29) is 23.2 Å². The van der Waals surface area contributed by atoms with E-state index in [1.807, 2.05) is 0 Å². The largest absolute Gasteiger partial charge is 0.358 e. The van der Waals surface area contributed by atoms with Crippen LogP contribution in [-0.2, 0) is 5.41 Å². The van der Waals surface area contributed by atoms with Gasteiger partial charge in [0.1, 0.15) is 18.0 Å². The van der Waals surface area contributed by atoms with Crippen LogP contribution in [0.2, 0.25) is 0 Å². The number of fused-ring (bicyclic) bond motifs is 11. The van der Waals surface area contributed by atoms with Gasteiger partial charge in [-0.05, 0) is 48.6 Å². The van der Waals surface area contributed by atoms with Crippen LogP contribution in [0.5, 0.6) is 0 Å². The lowest BCUT2D eigenvalue weighted by atomic mass is 9.50. The summed E-state index contributed by atoms with van der Waals surface area (Å²) in [6.45, 7) is 6.92. The van der Waals surface area contributed by atoms with Gasteiger partial charge in [-0.2, -0.15) is 0 Å². The number of hydrogen-bond acceptors (Lipinski definition) is 6. The van der Waals surface area contributed by atoms with Gasteiger partial charge in [-0.3, -0.25) is 0 Å². The summed E-state index contributed by atoms with van der Waals surface area (Å²) in [5, 5.41) is 0. The molecule has 3 aromatic carbocycles. The Morgan fingerprint density at radius 3 is 2.15 bits per heavy atom. The molecule has 4 aliphatic rings. The molecule has 6 nitrogen and oxygen atoms in total. The third-order valence-corrected chi connectivity index (χ3v) is 10.6. The summed E-state index contributed by atoms with van der Waals surface area (Å²) in [4.78, 5) is 20.2. The second kappa shape index (κ2) is 8.35. The third kappa shape index (κ3) is 2.73. The smallest absolute Gasteiger partial charge is 0.161 e. The van der Waals surface area contributed by atoms with Crippen molar-refractivity contribution in [2.24, 2.45) is 5.41 Å². The van der Waals surface area contributed by atoms with E-state index in [1.54, 1.807) is 0 Å². The van der Waals surface area contributed by atoms with Crippen LogP contribution < -0.4 is 14.7 Å². The minimum atomic E-state index is -0.316. The fourth-order valence-corrected chi connectivity index (χ4v) is 8.96. The van der Waals surface area contributed by atoms with E-state index in [2.05, 4.69) is 146 Å². The molecule has 0 saturated heterocycles. The number of para-hydroxylation sites is 2. The van der Waals surface area contributed by atoms with Crippen molar-refractivity contribution in [3.05, 3.63) is 108 Å². The number of benzene rings is 3. The molecule has 0 aliphatic carbocycles. The molecule has 4 aliphatic heterocycles. The summed E-state index contributed by atoms with van der Waals surface area (Å²) in [5.74, 6) is 1.78. The highest BCUT2D eigenvalue weighted by molar-refractivity contribution is 5.90. The monoisotopic (exact) mass is 540 g/mol. The maximum absolute atomic E-state index is 5.28. The van der Waals surface area contributed by atoms with Gasteiger partial charge in [0.25, 0.3) is 0 Å². The van der Waals surface area contributed by atoms with Crippen molar-refractivity contribution >= 4 is 22.9 Å². The quantitative estimate of drug-likeness (QED) is 0.278. The summed E-state index contributed by atoms with van der Waals surface area (Å²) in [6.07, 6.45) is 8.89. The van der Waals surface area contributed by atoms with Gasteiger partial charge >= 0.3 is 0 Å². The number of rotatable bonds is 3. The zero-order valence-electron chi connectivity index (χ0n) is 24.4. The highest BCUT2D eigenvalue weighted by atomic mass is 15.5. The standard InChI is InChI=1S/C35H36N6/c1-6-34(7-2)32-38(4)20-21-40(32)27-18-12-10-16-25(27)35(34)26-17-11-13-19-28(26)41-29-22-36-30(24-15-9-8-14-23(24)3)37-31(29)39(5)33(35)41/h8-22,32-33H,6-7H2,1-5H3. The van der Waals surface area contributed by atoms with E-state index >= 15 is 0 Å². The normalized spacial score (nSPS) is 24.4. The van der Waals surface area contributed by atoms with Crippen LogP contribution in [0.25, 0.3) is 11.4 Å². The van der Waals surface area contributed by atoms with E-state index in [1.165, 1.54) is 28.1 Å². The van der Waals surface area contributed by atoms with Gasteiger partial charge in [-0.25, -0.2) is 9.97 Å². The summed E-state index contributed by atoms with van der Waals surface area (Å²) in [7, 11) is 4.49. The molecule has 0 fully saturated rings. The molecule has 206 valence electrons. The molecule has 1 aromatic heterocycles. The first-order valence-electron chi connectivity index (χ1n) is 14.8. The lowest BCUT2D eigenvalue weighted by molar-refractivity contribution is 0.0240. The number of hydrogen-bond donors (Lipinski definition) is 0. The molecule has 0 radical (unpaired) electrons. The Morgan fingerprint density at radius 2 is 1.41 bits per heavy atom. The van der Waals surface area contributed by atoms with Crippen molar-refractivity contribution in [1.29, 1.82) is 0 Å². The van der Waals surface area contributed by atoms with E-state index < -0.39 is 0 Å². The Kier molecular flexibility index (Phi) is 4.99. The third-order valence-electron chi connectivity index (χ3n) is 10.6. The maximum Gasteiger partial charge on any atom is 0.161 e. The van der Waals surface area contributed by atoms with Gasteiger partial charge in [-0.1, -0.05) is 74.5 Å². The highest BCUT2D eigenvalue weighted by Gasteiger charge is 2.72. The zero-order chi connectivity index (χ0) is 28.1. The Bertz CT molecular complexity index is 1720. The van der Waals surface area contributed by atoms with Crippen LogP contribution in [0.1, 0.15) is 43.4 Å². The molecular formula is C35H36N6. The van der Waals surface area contributed by atoms with Crippen LogP contribution >= 0.6 is 0 Å². The molecule has 4 aromatic rings. The van der Waals surface area contributed by atoms with Crippen LogP contribution in [-0.4, -0.2) is 41.3 Å². The summed E-state index contributed by atoms with van der Waals surface area (Å²) in [5.41, 5.74) is 8.29. The van der Waals surface area contributed by atoms with E-state index in [4.69, 9.17) is 9.97 Å². The molecule has 6 heteroatoms.